The number of hydrogen-bond acceptors (Lipinski definition) is 4. The molecule has 1 atom stereocenters. The average molecular weight is 272 g/mol. The van der Waals surface area contributed by atoms with Gasteiger partial charge < -0.3 is 14.5 Å². The van der Waals surface area contributed by atoms with Crippen LogP contribution in [0.1, 0.15) is 25.7 Å². The maximum absolute atomic E-state index is 11.8. The van der Waals surface area contributed by atoms with Gasteiger partial charge in [-0.1, -0.05) is 0 Å². The molecule has 0 aromatic rings. The molecule has 18 heavy (non-hydrogen) atoms. The second kappa shape index (κ2) is 6.78. The smallest absolute Gasteiger partial charge is 0.224 e. The number of carbonyl (C=O) groups excluding carboxylic acids is 1. The number of likely N-dealkylation sites (tertiary alicyclic amines) is 2. The molecule has 2 saturated heterocycles. The van der Waals surface area contributed by atoms with Gasteiger partial charge in [0.05, 0.1) is 0 Å². The Kier molecular flexibility index (Phi) is 5.33. The van der Waals surface area contributed by atoms with Gasteiger partial charge >= 0.3 is 0 Å². The summed E-state index contributed by atoms with van der Waals surface area (Å²) in [4.78, 5) is 16.4. The molecule has 0 N–H and O–H groups in total. The lowest BCUT2D eigenvalue weighted by Crippen LogP contribution is -2.45. The van der Waals surface area contributed by atoms with E-state index in [1.165, 1.54) is 0 Å². The van der Waals surface area contributed by atoms with Crippen LogP contribution in [-0.2, 0) is 9.53 Å². The Hall–Kier alpha value is -0.260. The molecule has 1 amide bonds. The number of nitrogens with zero attached hydrogens (tertiary/aromatic N) is 2. The van der Waals surface area contributed by atoms with Gasteiger partial charge in [0, 0.05) is 57.6 Å². The molecule has 1 unspecified atom stereocenters. The summed E-state index contributed by atoms with van der Waals surface area (Å²) in [6, 6.07) is 0.452. The molecule has 2 fully saturated rings. The number of piperidine rings is 1. The van der Waals surface area contributed by atoms with Gasteiger partial charge in [-0.15, -0.1) is 0 Å². The van der Waals surface area contributed by atoms with Crippen molar-refractivity contribution in [1.29, 1.82) is 0 Å². The minimum Gasteiger partial charge on any atom is -0.385 e. The van der Waals surface area contributed by atoms with Crippen molar-refractivity contribution in [3.63, 3.8) is 0 Å². The summed E-state index contributed by atoms with van der Waals surface area (Å²) in [7, 11) is 1.75. The minimum atomic E-state index is 0.247. The van der Waals surface area contributed by atoms with E-state index >= 15 is 0 Å². The van der Waals surface area contributed by atoms with Crippen molar-refractivity contribution < 1.29 is 9.53 Å². The third kappa shape index (κ3) is 3.62. The van der Waals surface area contributed by atoms with Gasteiger partial charge in [0.25, 0.3) is 0 Å². The molecule has 2 heterocycles. The fourth-order valence-electron chi connectivity index (χ4n) is 2.95. The number of rotatable bonds is 5. The van der Waals surface area contributed by atoms with Crippen LogP contribution in [0.2, 0.25) is 0 Å². The predicted molar refractivity (Wildman–Crippen MR) is 75.1 cm³/mol. The Morgan fingerprint density at radius 1 is 1.39 bits per heavy atom. The van der Waals surface area contributed by atoms with Gasteiger partial charge in [-0.05, 0) is 19.3 Å². The van der Waals surface area contributed by atoms with Crippen LogP contribution < -0.4 is 0 Å². The zero-order valence-electron chi connectivity index (χ0n) is 11.2. The topological polar surface area (TPSA) is 32.8 Å². The summed E-state index contributed by atoms with van der Waals surface area (Å²) < 4.78 is 5.07. The molecule has 4 nitrogen and oxygen atoms in total. The molecular formula is C13H24N2O2S. The number of thiol groups is 1. The third-order valence-corrected chi connectivity index (χ3v) is 4.30. The summed E-state index contributed by atoms with van der Waals surface area (Å²) in [6.45, 7) is 5.01. The fraction of sp³-hybridized carbons (Fsp3) is 0.923. The van der Waals surface area contributed by atoms with E-state index in [0.717, 1.165) is 52.0 Å². The van der Waals surface area contributed by atoms with E-state index < -0.39 is 0 Å². The molecule has 0 aliphatic carbocycles. The molecule has 0 spiro atoms. The quantitative estimate of drug-likeness (QED) is 0.599. The monoisotopic (exact) mass is 272 g/mol. The Morgan fingerprint density at radius 2 is 2.11 bits per heavy atom. The fourth-order valence-corrected chi connectivity index (χ4v) is 3.28. The van der Waals surface area contributed by atoms with Crippen LogP contribution >= 0.6 is 12.6 Å². The molecule has 0 radical (unpaired) electrons. The Balaban J connectivity index is 1.71. The molecule has 104 valence electrons. The lowest BCUT2D eigenvalue weighted by molar-refractivity contribution is -0.130. The first-order valence-corrected chi connectivity index (χ1v) is 7.41. The van der Waals surface area contributed by atoms with Gasteiger partial charge in [0.15, 0.2) is 0 Å². The van der Waals surface area contributed by atoms with Crippen LogP contribution in [0.4, 0.5) is 0 Å². The van der Waals surface area contributed by atoms with Gasteiger partial charge in [-0.3, -0.25) is 4.79 Å². The van der Waals surface area contributed by atoms with Gasteiger partial charge in [-0.2, -0.15) is 12.6 Å². The zero-order chi connectivity index (χ0) is 13.0. The second-order valence-electron chi connectivity index (χ2n) is 5.32. The van der Waals surface area contributed by atoms with Crippen LogP contribution in [0.3, 0.4) is 0 Å². The molecule has 5 heteroatoms. The van der Waals surface area contributed by atoms with Gasteiger partial charge in [-0.25, -0.2) is 0 Å². The molecule has 2 rings (SSSR count). The van der Waals surface area contributed by atoms with Crippen molar-refractivity contribution >= 4 is 18.5 Å². The SMILES string of the molecule is COCCCN1CCC(N2CC(S)CC2=O)CC1. The van der Waals surface area contributed by atoms with E-state index in [9.17, 15) is 4.79 Å². The Bertz CT molecular complexity index is 280. The maximum atomic E-state index is 11.8. The van der Waals surface area contributed by atoms with Gasteiger partial charge in [0.1, 0.15) is 0 Å². The van der Waals surface area contributed by atoms with Crippen LogP contribution in [0.5, 0.6) is 0 Å². The van der Waals surface area contributed by atoms with Crippen molar-refractivity contribution in [2.75, 3.05) is 39.9 Å². The molecular weight excluding hydrogens is 248 g/mol. The number of amides is 1. The highest BCUT2D eigenvalue weighted by Gasteiger charge is 2.34. The first-order valence-electron chi connectivity index (χ1n) is 6.89. The van der Waals surface area contributed by atoms with Crippen molar-refractivity contribution in [2.45, 2.75) is 37.0 Å². The summed E-state index contributed by atoms with van der Waals surface area (Å²) in [6.07, 6.45) is 3.94. The van der Waals surface area contributed by atoms with Crippen LogP contribution in [0.15, 0.2) is 0 Å². The van der Waals surface area contributed by atoms with Crippen LogP contribution in [-0.4, -0.2) is 66.9 Å². The lowest BCUT2D eigenvalue weighted by atomic mass is 10.0. The number of methoxy groups -OCH3 is 1. The van der Waals surface area contributed by atoms with Crippen molar-refractivity contribution in [3.05, 3.63) is 0 Å². The molecule has 2 aliphatic heterocycles. The van der Waals surface area contributed by atoms with E-state index in [-0.39, 0.29) is 5.25 Å². The number of hydrogen-bond donors (Lipinski definition) is 1. The van der Waals surface area contributed by atoms with E-state index in [1.54, 1.807) is 7.11 Å². The summed E-state index contributed by atoms with van der Waals surface area (Å²) in [5, 5.41) is 0.247. The molecule has 2 aliphatic rings. The first kappa shape index (κ1) is 14.2. The largest absolute Gasteiger partial charge is 0.385 e. The highest BCUT2D eigenvalue weighted by atomic mass is 32.1. The maximum Gasteiger partial charge on any atom is 0.224 e. The standard InChI is InChI=1S/C13H24N2O2S/c1-17-8-2-5-14-6-3-11(4-7-14)15-10-12(18)9-13(15)16/h11-12,18H,2-10H2,1H3. The van der Waals surface area contributed by atoms with Gasteiger partial charge in [0.2, 0.25) is 5.91 Å². The van der Waals surface area contributed by atoms with Crippen molar-refractivity contribution in [2.24, 2.45) is 0 Å². The second-order valence-corrected chi connectivity index (χ2v) is 6.05. The highest BCUT2D eigenvalue weighted by Crippen LogP contribution is 2.24. The number of carbonyl (C=O) groups is 1. The van der Waals surface area contributed by atoms with E-state index in [4.69, 9.17) is 4.74 Å². The van der Waals surface area contributed by atoms with Crippen molar-refractivity contribution in [3.8, 4) is 0 Å². The van der Waals surface area contributed by atoms with Crippen LogP contribution in [0.25, 0.3) is 0 Å². The molecule has 0 aromatic heterocycles. The molecule has 0 bridgehead atoms. The normalized spacial score (nSPS) is 27.1. The first-order chi connectivity index (χ1) is 8.70. The number of ether oxygens (including phenoxy) is 1. The summed E-state index contributed by atoms with van der Waals surface area (Å²) >= 11 is 4.42. The Morgan fingerprint density at radius 3 is 2.67 bits per heavy atom. The minimum absolute atomic E-state index is 0.247. The summed E-state index contributed by atoms with van der Waals surface area (Å²) in [5.74, 6) is 0.299. The lowest BCUT2D eigenvalue weighted by Gasteiger charge is -2.36. The van der Waals surface area contributed by atoms with Crippen molar-refractivity contribution in [1.82, 2.24) is 9.80 Å². The highest BCUT2D eigenvalue weighted by molar-refractivity contribution is 7.81. The van der Waals surface area contributed by atoms with E-state index in [0.29, 0.717) is 18.4 Å². The molecule has 0 aromatic carbocycles. The summed E-state index contributed by atoms with van der Waals surface area (Å²) in [5.41, 5.74) is 0. The van der Waals surface area contributed by atoms with E-state index in [2.05, 4.69) is 22.4 Å². The Labute approximate surface area is 115 Å². The predicted octanol–water partition coefficient (Wildman–Crippen LogP) is 1.02. The molecule has 0 saturated carbocycles. The van der Waals surface area contributed by atoms with Crippen LogP contribution in [0, 0.1) is 0 Å². The third-order valence-electron chi connectivity index (χ3n) is 3.96. The van der Waals surface area contributed by atoms with E-state index in [1.807, 2.05) is 0 Å². The average Bonchev–Trinajstić information content (AvgIpc) is 2.70. The zero-order valence-corrected chi connectivity index (χ0v) is 12.1.